The molecule has 0 bridgehead atoms. The Bertz CT molecular complexity index is 657. The predicted molar refractivity (Wildman–Crippen MR) is 87.0 cm³/mol. The van der Waals surface area contributed by atoms with Gasteiger partial charge in [0.05, 0.1) is 6.54 Å². The molecule has 0 aliphatic carbocycles. The molecule has 120 valence electrons. The number of carbonyl (C=O) groups is 2. The minimum Gasteiger partial charge on any atom is -0.457 e. The third-order valence-electron chi connectivity index (χ3n) is 3.16. The first kappa shape index (κ1) is 16.4. The summed E-state index contributed by atoms with van der Waals surface area (Å²) in [4.78, 5) is 23.9. The van der Waals surface area contributed by atoms with Gasteiger partial charge in [0, 0.05) is 13.6 Å². The highest BCUT2D eigenvalue weighted by molar-refractivity contribution is 5.83. The number of urea groups is 1. The van der Waals surface area contributed by atoms with Crippen molar-refractivity contribution in [3.8, 4) is 11.5 Å². The summed E-state index contributed by atoms with van der Waals surface area (Å²) in [7, 11) is 1.67. The summed E-state index contributed by atoms with van der Waals surface area (Å²) in [6.45, 7) is 0.325. The van der Waals surface area contributed by atoms with Crippen molar-refractivity contribution in [3.05, 3.63) is 60.2 Å². The van der Waals surface area contributed by atoms with Crippen molar-refractivity contribution < 1.29 is 14.3 Å². The predicted octanol–water partition coefficient (Wildman–Crippen LogP) is 2.11. The van der Waals surface area contributed by atoms with Crippen molar-refractivity contribution >= 4 is 11.9 Å². The van der Waals surface area contributed by atoms with Crippen LogP contribution in [0.3, 0.4) is 0 Å². The van der Waals surface area contributed by atoms with Gasteiger partial charge in [0.15, 0.2) is 0 Å². The van der Waals surface area contributed by atoms with Gasteiger partial charge in [0.2, 0.25) is 5.91 Å². The van der Waals surface area contributed by atoms with Crippen molar-refractivity contribution in [1.29, 1.82) is 0 Å². The van der Waals surface area contributed by atoms with Crippen LogP contribution in [0.15, 0.2) is 54.6 Å². The number of amides is 3. The number of para-hydroxylation sites is 1. The van der Waals surface area contributed by atoms with Crippen LogP contribution in [0.25, 0.3) is 0 Å². The maximum Gasteiger partial charge on any atom is 0.312 e. The summed E-state index contributed by atoms with van der Waals surface area (Å²) in [5, 5.41) is 2.28. The molecule has 0 spiro atoms. The lowest BCUT2D eigenvalue weighted by atomic mass is 10.2. The summed E-state index contributed by atoms with van der Waals surface area (Å²) < 4.78 is 5.71. The Labute approximate surface area is 134 Å². The zero-order valence-corrected chi connectivity index (χ0v) is 12.9. The van der Waals surface area contributed by atoms with Gasteiger partial charge in [-0.1, -0.05) is 30.3 Å². The molecule has 2 aromatic carbocycles. The molecule has 0 aliphatic heterocycles. The molecule has 0 radical (unpaired) electrons. The van der Waals surface area contributed by atoms with E-state index in [1.54, 1.807) is 7.05 Å². The molecular formula is C17H19N3O3. The largest absolute Gasteiger partial charge is 0.457 e. The van der Waals surface area contributed by atoms with E-state index >= 15 is 0 Å². The maximum atomic E-state index is 11.8. The molecule has 0 atom stereocenters. The van der Waals surface area contributed by atoms with E-state index < -0.39 is 6.03 Å². The lowest BCUT2D eigenvalue weighted by molar-refractivity contribution is -0.129. The fraction of sp³-hybridized carbons (Fsp3) is 0.176. The van der Waals surface area contributed by atoms with Crippen LogP contribution in [0, 0.1) is 0 Å². The fourth-order valence-corrected chi connectivity index (χ4v) is 1.95. The van der Waals surface area contributed by atoms with Gasteiger partial charge >= 0.3 is 6.03 Å². The Morgan fingerprint density at radius 2 is 1.65 bits per heavy atom. The Morgan fingerprint density at radius 3 is 2.26 bits per heavy atom. The van der Waals surface area contributed by atoms with Crippen molar-refractivity contribution in [1.82, 2.24) is 10.2 Å². The highest BCUT2D eigenvalue weighted by Gasteiger charge is 2.09. The second-order valence-electron chi connectivity index (χ2n) is 5.03. The minimum absolute atomic E-state index is 0.110. The highest BCUT2D eigenvalue weighted by atomic mass is 16.5. The number of ether oxygens (including phenoxy) is 1. The Morgan fingerprint density at radius 1 is 1.04 bits per heavy atom. The molecule has 23 heavy (non-hydrogen) atoms. The molecule has 6 nitrogen and oxygen atoms in total. The summed E-state index contributed by atoms with van der Waals surface area (Å²) in [6.07, 6.45) is 0. The molecule has 0 saturated carbocycles. The van der Waals surface area contributed by atoms with Crippen molar-refractivity contribution in [2.75, 3.05) is 13.6 Å². The third-order valence-corrected chi connectivity index (χ3v) is 3.16. The Balaban J connectivity index is 1.89. The number of rotatable bonds is 6. The number of hydrogen-bond donors (Lipinski definition) is 2. The monoisotopic (exact) mass is 313 g/mol. The van der Waals surface area contributed by atoms with Crippen molar-refractivity contribution in [2.24, 2.45) is 5.73 Å². The lowest BCUT2D eigenvalue weighted by Gasteiger charge is -2.17. The summed E-state index contributed by atoms with van der Waals surface area (Å²) in [5.74, 6) is 1.28. The third kappa shape index (κ3) is 5.35. The van der Waals surface area contributed by atoms with Crippen LogP contribution in [0.5, 0.6) is 11.5 Å². The number of likely N-dealkylation sites (N-methyl/N-ethyl adjacent to an activating group) is 1. The molecule has 0 unspecified atom stereocenters. The normalized spacial score (nSPS) is 9.96. The molecule has 0 aliphatic rings. The van der Waals surface area contributed by atoms with Gasteiger partial charge in [-0.05, 0) is 29.8 Å². The van der Waals surface area contributed by atoms with E-state index in [0.717, 1.165) is 17.1 Å². The molecule has 0 fully saturated rings. The van der Waals surface area contributed by atoms with E-state index in [0.29, 0.717) is 6.54 Å². The summed E-state index contributed by atoms with van der Waals surface area (Å²) in [5.41, 5.74) is 5.90. The van der Waals surface area contributed by atoms with Crippen LogP contribution in [-0.4, -0.2) is 30.4 Å². The first-order chi connectivity index (χ1) is 11.0. The second kappa shape index (κ2) is 7.84. The Kier molecular flexibility index (Phi) is 5.57. The van der Waals surface area contributed by atoms with Gasteiger partial charge < -0.3 is 20.7 Å². The quantitative estimate of drug-likeness (QED) is 0.856. The van der Waals surface area contributed by atoms with E-state index in [1.165, 1.54) is 4.90 Å². The fourth-order valence-electron chi connectivity index (χ4n) is 1.95. The average Bonchev–Trinajstić information content (AvgIpc) is 2.55. The number of hydrogen-bond acceptors (Lipinski definition) is 3. The number of primary amides is 1. The van der Waals surface area contributed by atoms with E-state index in [9.17, 15) is 9.59 Å². The highest BCUT2D eigenvalue weighted by Crippen LogP contribution is 2.21. The maximum absolute atomic E-state index is 11.8. The van der Waals surface area contributed by atoms with E-state index in [2.05, 4.69) is 5.32 Å². The number of benzene rings is 2. The van der Waals surface area contributed by atoms with Gasteiger partial charge in [0.25, 0.3) is 0 Å². The molecule has 0 heterocycles. The standard InChI is InChI=1S/C17H19N3O3/c1-20(16(21)11-19-17(18)22)12-13-7-9-15(10-8-13)23-14-5-3-2-4-6-14/h2-10H,11-12H2,1H3,(H3,18,19,22). The molecule has 3 N–H and O–H groups in total. The first-order valence-corrected chi connectivity index (χ1v) is 7.13. The minimum atomic E-state index is -0.714. The second-order valence-corrected chi connectivity index (χ2v) is 5.03. The average molecular weight is 313 g/mol. The zero-order valence-electron chi connectivity index (χ0n) is 12.9. The summed E-state index contributed by atoms with van der Waals surface area (Å²) in [6, 6.07) is 16.3. The van der Waals surface area contributed by atoms with Gasteiger partial charge in [-0.15, -0.1) is 0 Å². The van der Waals surface area contributed by atoms with Crippen LogP contribution in [0.1, 0.15) is 5.56 Å². The van der Waals surface area contributed by atoms with E-state index in [4.69, 9.17) is 10.5 Å². The molecule has 6 heteroatoms. The number of nitrogens with one attached hydrogen (secondary N) is 1. The van der Waals surface area contributed by atoms with E-state index in [1.807, 2.05) is 54.6 Å². The summed E-state index contributed by atoms with van der Waals surface area (Å²) >= 11 is 0. The molecule has 0 saturated heterocycles. The van der Waals surface area contributed by atoms with Crippen LogP contribution in [0.4, 0.5) is 4.79 Å². The molecule has 2 rings (SSSR count). The number of nitrogens with two attached hydrogens (primary N) is 1. The smallest absolute Gasteiger partial charge is 0.312 e. The molecule has 0 aromatic heterocycles. The van der Waals surface area contributed by atoms with Gasteiger partial charge in [-0.2, -0.15) is 0 Å². The molecule has 3 amide bonds. The van der Waals surface area contributed by atoms with Crippen LogP contribution >= 0.6 is 0 Å². The van der Waals surface area contributed by atoms with Gasteiger partial charge in [-0.3, -0.25) is 4.79 Å². The van der Waals surface area contributed by atoms with Gasteiger partial charge in [-0.25, -0.2) is 4.79 Å². The zero-order chi connectivity index (χ0) is 16.7. The van der Waals surface area contributed by atoms with Crippen molar-refractivity contribution in [2.45, 2.75) is 6.54 Å². The van der Waals surface area contributed by atoms with Crippen LogP contribution in [-0.2, 0) is 11.3 Å². The SMILES string of the molecule is CN(Cc1ccc(Oc2ccccc2)cc1)C(=O)CNC(N)=O. The van der Waals surface area contributed by atoms with E-state index in [-0.39, 0.29) is 12.5 Å². The van der Waals surface area contributed by atoms with Crippen molar-refractivity contribution in [3.63, 3.8) is 0 Å². The lowest BCUT2D eigenvalue weighted by Crippen LogP contribution is -2.40. The Hall–Kier alpha value is -3.02. The number of nitrogens with zero attached hydrogens (tertiary/aromatic N) is 1. The molecule has 2 aromatic rings. The van der Waals surface area contributed by atoms with Gasteiger partial charge in [0.1, 0.15) is 11.5 Å². The number of carbonyl (C=O) groups excluding carboxylic acids is 2. The van der Waals surface area contributed by atoms with Crippen LogP contribution in [0.2, 0.25) is 0 Å². The van der Waals surface area contributed by atoms with Crippen LogP contribution < -0.4 is 15.8 Å². The first-order valence-electron chi connectivity index (χ1n) is 7.13. The topological polar surface area (TPSA) is 84.7 Å². The molecular weight excluding hydrogens is 294 g/mol.